The predicted molar refractivity (Wildman–Crippen MR) is 84.7 cm³/mol. The first kappa shape index (κ1) is 17.0. The van der Waals surface area contributed by atoms with Crippen molar-refractivity contribution < 1.29 is 18.4 Å². The van der Waals surface area contributed by atoms with Gasteiger partial charge in [0.25, 0.3) is 11.4 Å². The van der Waals surface area contributed by atoms with Gasteiger partial charge in [-0.3, -0.25) is 4.79 Å². The normalized spacial score (nSPS) is 13.6. The lowest BCUT2D eigenvalue weighted by atomic mass is 10.1. The van der Waals surface area contributed by atoms with E-state index in [1.165, 1.54) is 23.6 Å². The van der Waals surface area contributed by atoms with Gasteiger partial charge in [-0.15, -0.1) is 0 Å². The van der Waals surface area contributed by atoms with Gasteiger partial charge in [0, 0.05) is 17.3 Å². The maximum absolute atomic E-state index is 13.3. The number of aliphatic hydroxyl groups is 1. The van der Waals surface area contributed by atoms with Gasteiger partial charge >= 0.3 is 0 Å². The van der Waals surface area contributed by atoms with E-state index >= 15 is 0 Å². The van der Waals surface area contributed by atoms with Crippen molar-refractivity contribution in [2.24, 2.45) is 0 Å². The second-order valence-corrected chi connectivity index (χ2v) is 5.92. The van der Waals surface area contributed by atoms with Crippen molar-refractivity contribution in [1.29, 1.82) is 0 Å². The fourth-order valence-electron chi connectivity index (χ4n) is 2.40. The van der Waals surface area contributed by atoms with E-state index in [2.05, 4.69) is 10.1 Å². The van der Waals surface area contributed by atoms with Gasteiger partial charge in [-0.25, -0.2) is 8.78 Å². The van der Waals surface area contributed by atoms with Crippen LogP contribution in [0.3, 0.4) is 0 Å². The van der Waals surface area contributed by atoms with E-state index in [9.17, 15) is 18.7 Å². The summed E-state index contributed by atoms with van der Waals surface area (Å²) in [5, 5.41) is 14.3. The number of halogens is 2. The third kappa shape index (κ3) is 3.34. The number of pyridine rings is 1. The van der Waals surface area contributed by atoms with Gasteiger partial charge in [0.1, 0.15) is 0 Å². The van der Waals surface area contributed by atoms with Gasteiger partial charge in [0.2, 0.25) is 5.82 Å². The van der Waals surface area contributed by atoms with Gasteiger partial charge in [0.15, 0.2) is 17.2 Å². The molecule has 0 fully saturated rings. The summed E-state index contributed by atoms with van der Waals surface area (Å²) >= 11 is 0. The standard InChI is InChI=1S/C17H15F2N3O3/c1-10-4-3-5-14(23)22(10)9-17(2,24)16-20-15(21-25-16)11-6-7-12(18)13(19)8-11/h3-8,24H,9H2,1-2H3/t17-/m1/s1. The highest BCUT2D eigenvalue weighted by Gasteiger charge is 2.32. The van der Waals surface area contributed by atoms with Gasteiger partial charge in [-0.05, 0) is 38.1 Å². The minimum atomic E-state index is -1.63. The molecule has 25 heavy (non-hydrogen) atoms. The van der Waals surface area contributed by atoms with E-state index < -0.39 is 17.2 Å². The SMILES string of the molecule is Cc1cccc(=O)n1C[C@@](C)(O)c1nc(-c2ccc(F)c(F)c2)no1. The molecule has 0 radical (unpaired) electrons. The largest absolute Gasteiger partial charge is 0.378 e. The van der Waals surface area contributed by atoms with Gasteiger partial charge in [-0.1, -0.05) is 11.2 Å². The van der Waals surface area contributed by atoms with Gasteiger partial charge in [-0.2, -0.15) is 4.98 Å². The zero-order valence-electron chi connectivity index (χ0n) is 13.5. The first-order valence-corrected chi connectivity index (χ1v) is 7.46. The molecule has 0 aliphatic heterocycles. The molecule has 0 amide bonds. The van der Waals surface area contributed by atoms with Crippen LogP contribution in [0.5, 0.6) is 0 Å². The summed E-state index contributed by atoms with van der Waals surface area (Å²) in [7, 11) is 0. The summed E-state index contributed by atoms with van der Waals surface area (Å²) in [6, 6.07) is 7.92. The lowest BCUT2D eigenvalue weighted by Gasteiger charge is -2.21. The number of aryl methyl sites for hydroxylation is 1. The molecule has 0 unspecified atom stereocenters. The monoisotopic (exact) mass is 347 g/mol. The third-order valence-electron chi connectivity index (χ3n) is 3.80. The van der Waals surface area contributed by atoms with E-state index in [-0.39, 0.29) is 29.4 Å². The Labute approximate surface area is 141 Å². The van der Waals surface area contributed by atoms with Crippen LogP contribution in [-0.2, 0) is 12.1 Å². The Morgan fingerprint density at radius 1 is 1.24 bits per heavy atom. The highest BCUT2D eigenvalue weighted by Crippen LogP contribution is 2.25. The number of benzene rings is 1. The maximum atomic E-state index is 13.3. The second kappa shape index (κ2) is 6.21. The molecule has 2 heterocycles. The van der Waals surface area contributed by atoms with Crippen LogP contribution in [0.15, 0.2) is 45.7 Å². The summed E-state index contributed by atoms with van der Waals surface area (Å²) in [5.74, 6) is -2.16. The molecule has 1 aromatic carbocycles. The first-order chi connectivity index (χ1) is 11.8. The lowest BCUT2D eigenvalue weighted by Crippen LogP contribution is -2.34. The lowest BCUT2D eigenvalue weighted by molar-refractivity contribution is 0.00479. The molecule has 3 rings (SSSR count). The van der Waals surface area contributed by atoms with Crippen molar-refractivity contribution in [1.82, 2.24) is 14.7 Å². The average molecular weight is 347 g/mol. The van der Waals surface area contributed by atoms with Gasteiger partial charge in [0.05, 0.1) is 6.54 Å². The summed E-state index contributed by atoms with van der Waals surface area (Å²) < 4.78 is 32.8. The molecular weight excluding hydrogens is 332 g/mol. The van der Waals surface area contributed by atoms with Crippen LogP contribution < -0.4 is 5.56 Å². The van der Waals surface area contributed by atoms with Crippen molar-refractivity contribution in [3.63, 3.8) is 0 Å². The van der Waals surface area contributed by atoms with Crippen LogP contribution >= 0.6 is 0 Å². The first-order valence-electron chi connectivity index (χ1n) is 7.46. The molecule has 0 aliphatic rings. The van der Waals surface area contributed by atoms with Crippen LogP contribution in [0.2, 0.25) is 0 Å². The molecule has 0 bridgehead atoms. The van der Waals surface area contributed by atoms with E-state index in [4.69, 9.17) is 4.52 Å². The maximum Gasteiger partial charge on any atom is 0.260 e. The van der Waals surface area contributed by atoms with E-state index in [0.29, 0.717) is 5.69 Å². The quantitative estimate of drug-likeness (QED) is 0.784. The van der Waals surface area contributed by atoms with Crippen LogP contribution in [0.4, 0.5) is 8.78 Å². The molecule has 130 valence electrons. The molecule has 2 aromatic heterocycles. The van der Waals surface area contributed by atoms with Crippen LogP contribution in [0.1, 0.15) is 18.5 Å². The molecule has 0 saturated heterocycles. The number of nitrogens with zero attached hydrogens (tertiary/aromatic N) is 3. The fraction of sp³-hybridized carbons (Fsp3) is 0.235. The number of hydrogen-bond acceptors (Lipinski definition) is 5. The number of rotatable bonds is 4. The molecular formula is C17H15F2N3O3. The van der Waals surface area contributed by atoms with Crippen molar-refractivity contribution in [3.8, 4) is 11.4 Å². The third-order valence-corrected chi connectivity index (χ3v) is 3.80. The average Bonchev–Trinajstić information content (AvgIpc) is 3.05. The Balaban J connectivity index is 1.92. The Morgan fingerprint density at radius 3 is 2.68 bits per heavy atom. The Bertz CT molecular complexity index is 979. The Hall–Kier alpha value is -2.87. The predicted octanol–water partition coefficient (Wildman–Crippen LogP) is 2.39. The molecule has 0 spiro atoms. The van der Waals surface area contributed by atoms with Gasteiger partial charge < -0.3 is 14.2 Å². The minimum Gasteiger partial charge on any atom is -0.378 e. The molecule has 0 saturated carbocycles. The highest BCUT2D eigenvalue weighted by molar-refractivity contribution is 5.54. The Morgan fingerprint density at radius 2 is 2.00 bits per heavy atom. The topological polar surface area (TPSA) is 81.2 Å². The summed E-state index contributed by atoms with van der Waals surface area (Å²) in [6.45, 7) is 3.06. The molecule has 3 aromatic rings. The van der Waals surface area contributed by atoms with E-state index in [1.54, 1.807) is 19.1 Å². The summed E-state index contributed by atoms with van der Waals surface area (Å²) in [4.78, 5) is 16.0. The second-order valence-electron chi connectivity index (χ2n) is 5.92. The number of hydrogen-bond donors (Lipinski definition) is 1. The number of aromatic nitrogens is 3. The van der Waals surface area contributed by atoms with E-state index in [0.717, 1.165) is 12.1 Å². The van der Waals surface area contributed by atoms with Crippen molar-refractivity contribution in [2.75, 3.05) is 0 Å². The molecule has 8 heteroatoms. The van der Waals surface area contributed by atoms with Crippen LogP contribution in [0, 0.1) is 18.6 Å². The zero-order valence-corrected chi connectivity index (χ0v) is 13.5. The Kier molecular flexibility index (Phi) is 4.22. The minimum absolute atomic E-state index is 0.00584. The van der Waals surface area contributed by atoms with Crippen molar-refractivity contribution in [2.45, 2.75) is 26.0 Å². The molecule has 1 N–H and O–H groups in total. The van der Waals surface area contributed by atoms with Crippen LogP contribution in [0.25, 0.3) is 11.4 Å². The fourth-order valence-corrected chi connectivity index (χ4v) is 2.40. The van der Waals surface area contributed by atoms with Crippen LogP contribution in [-0.4, -0.2) is 19.8 Å². The van der Waals surface area contributed by atoms with Crippen molar-refractivity contribution >= 4 is 0 Å². The highest BCUT2D eigenvalue weighted by atomic mass is 19.2. The smallest absolute Gasteiger partial charge is 0.260 e. The molecule has 1 atom stereocenters. The summed E-state index contributed by atoms with van der Waals surface area (Å²) in [6.07, 6.45) is 0. The molecule has 0 aliphatic carbocycles. The molecule has 6 nitrogen and oxygen atoms in total. The van der Waals surface area contributed by atoms with Crippen molar-refractivity contribution in [3.05, 3.63) is 70.0 Å². The zero-order chi connectivity index (χ0) is 18.2. The summed E-state index contributed by atoms with van der Waals surface area (Å²) in [5.41, 5.74) is -1.04. The van der Waals surface area contributed by atoms with E-state index in [1.807, 2.05) is 0 Å².